The fourth-order valence-electron chi connectivity index (χ4n) is 14.4. The van der Waals surface area contributed by atoms with Crippen molar-refractivity contribution < 1.29 is 86.3 Å². The van der Waals surface area contributed by atoms with Crippen LogP contribution in [0.2, 0.25) is 0 Å². The smallest absolute Gasteiger partial charge is 0.343 e. The summed E-state index contributed by atoms with van der Waals surface area (Å²) in [5, 5.41) is 28.4. The van der Waals surface area contributed by atoms with Crippen LogP contribution in [-0.2, 0) is 67.2 Å². The predicted octanol–water partition coefficient (Wildman–Crippen LogP) is 9.67. The topological polar surface area (TPSA) is 259 Å². The number of aliphatic hydroxyl groups is 2. The molecule has 3 saturated heterocycles. The average molecular weight is 1290 g/mol. The number of nitrogens with one attached hydrogen (secondary N) is 2. The van der Waals surface area contributed by atoms with Crippen molar-refractivity contribution in [1.29, 1.82) is 0 Å². The molecule has 1 amide bonds. The number of ketones is 2. The molecule has 4 aromatic rings. The van der Waals surface area contributed by atoms with E-state index in [1.54, 1.807) is 39.8 Å². The Hall–Kier alpha value is -7.82. The van der Waals surface area contributed by atoms with E-state index in [0.717, 1.165) is 22.3 Å². The lowest BCUT2D eigenvalue weighted by atomic mass is 9.45. The van der Waals surface area contributed by atoms with Gasteiger partial charge in [0, 0.05) is 35.4 Å². The molecule has 94 heavy (non-hydrogen) atoms. The molecule has 9 unspecified atom stereocenters. The van der Waals surface area contributed by atoms with Gasteiger partial charge in [-0.3, -0.25) is 19.2 Å². The zero-order valence-corrected chi connectivity index (χ0v) is 55.4. The molecule has 12 rings (SSSR count). The minimum absolute atomic E-state index is 0.000258. The highest BCUT2D eigenvalue weighted by Crippen LogP contribution is 2.71. The van der Waals surface area contributed by atoms with Gasteiger partial charge in [0.25, 0.3) is 0 Å². The third-order valence-electron chi connectivity index (χ3n) is 19.2. The van der Waals surface area contributed by atoms with Crippen molar-refractivity contribution in [3.05, 3.63) is 159 Å². The number of fused-ring (bicyclic) bond motifs is 3. The highest BCUT2D eigenvalue weighted by Gasteiger charge is 2.85. The Bertz CT molecular complexity index is 3720. The number of hydrogen-bond donors (Lipinski definition) is 4. The SMILES string of the molecule is CC(C)=CCCC1(C)C=Cc2c(c(CC=C(C)C)c3c(c2OC(=O)c2ccc(O[C@@H]4O[C@@H]5COC(C)(C)O[C@H]5[C@@H](O)[C@H]4O)cc2)C(=O)C2C(NC(C)C(=O)OCc4ccccc4)C4CC5C(C)(C)OC(CC=C(C)C(=O)NC(C)C(=O)OCc6ccccc6)(C4=O)C25O3)O1. The molecule has 4 N–H and O–H groups in total. The van der Waals surface area contributed by atoms with Gasteiger partial charge in [-0.05, 0) is 156 Å². The number of aliphatic hydroxyl groups excluding tert-OH is 2. The van der Waals surface area contributed by atoms with Gasteiger partial charge in [-0.15, -0.1) is 0 Å². The quantitative estimate of drug-likeness (QED) is 0.0262. The van der Waals surface area contributed by atoms with Crippen LogP contribution in [0.1, 0.15) is 152 Å². The van der Waals surface area contributed by atoms with Crippen LogP contribution in [0.3, 0.4) is 0 Å². The zero-order chi connectivity index (χ0) is 67.4. The molecule has 4 aromatic carbocycles. The second-order valence-electron chi connectivity index (χ2n) is 27.6. The van der Waals surface area contributed by atoms with E-state index >= 15 is 14.4 Å². The first-order chi connectivity index (χ1) is 44.6. The summed E-state index contributed by atoms with van der Waals surface area (Å²) in [6, 6.07) is 20.9. The second-order valence-corrected chi connectivity index (χ2v) is 27.6. The molecule has 4 bridgehead atoms. The van der Waals surface area contributed by atoms with Gasteiger partial charge in [0.1, 0.15) is 78.1 Å². The number of hydrogen-bond acceptors (Lipinski definition) is 19. The number of benzene rings is 4. The largest absolute Gasteiger partial charge is 0.482 e. The van der Waals surface area contributed by atoms with Gasteiger partial charge in [0.2, 0.25) is 12.2 Å². The van der Waals surface area contributed by atoms with Crippen LogP contribution < -0.4 is 29.6 Å². The van der Waals surface area contributed by atoms with Crippen LogP contribution in [0.25, 0.3) is 6.08 Å². The summed E-state index contributed by atoms with van der Waals surface area (Å²) in [6.07, 6.45) is 4.72. The van der Waals surface area contributed by atoms with Crippen molar-refractivity contribution in [2.75, 3.05) is 6.61 Å². The molecule has 0 radical (unpaired) electrons. The van der Waals surface area contributed by atoms with E-state index in [-0.39, 0.29) is 84.3 Å². The summed E-state index contributed by atoms with van der Waals surface area (Å²) in [7, 11) is 0. The highest BCUT2D eigenvalue weighted by molar-refractivity contribution is 6.11. The molecule has 20 nitrogen and oxygen atoms in total. The number of esters is 3. The number of amides is 1. The van der Waals surface area contributed by atoms with E-state index in [2.05, 4.69) is 16.7 Å². The lowest BCUT2D eigenvalue weighted by molar-refractivity contribution is -0.373. The molecular weight excluding hydrogens is 1200 g/mol. The lowest BCUT2D eigenvalue weighted by Gasteiger charge is -2.63. The van der Waals surface area contributed by atoms with Crippen molar-refractivity contribution >= 4 is 41.5 Å². The normalized spacial score (nSPS) is 29.5. The Balaban J connectivity index is 1.01. The van der Waals surface area contributed by atoms with E-state index in [0.29, 0.717) is 18.4 Å². The standard InChI is InChI=1S/C74H86N2O18/c1-40(2)20-19-33-72(12)34-32-50-60(92-72)49(30-25-41(3)4)62-54(61(50)90-68(84)47-26-28-48(29-27-47)88-69-59(79)58(78)63-52(89-69)39-87-71(10,11)91-63)57(77)55-56(75-43(6)66(82)85-37-45-21-15-13-16-22-45)51-36-53-70(8,9)94-73(64(51)80,74(53,55)93-62)35-31-42(5)65(81)76-44(7)67(83)86-38-46-23-17-14-18-24-46/h13-18,20-29,31-32,34,43-44,51-53,55-56,58-59,63,69,75,78-79H,19,30,33,35-39H2,1-12H3,(H,76,81)/t43?,44?,51?,52-,53?,55?,56?,58+,59-,63-,69-,72?,73?,74?/m1/s1. The summed E-state index contributed by atoms with van der Waals surface area (Å²) in [6.45, 7) is 21.7. The lowest BCUT2D eigenvalue weighted by Crippen LogP contribution is -2.82. The number of carbonyl (C=O) groups excluding carboxylic acids is 6. The third kappa shape index (κ3) is 12.9. The zero-order valence-electron chi connectivity index (χ0n) is 55.4. The van der Waals surface area contributed by atoms with E-state index in [4.69, 9.17) is 47.4 Å². The number of rotatable bonds is 21. The number of allylic oxidation sites excluding steroid dienone is 4. The van der Waals surface area contributed by atoms with Gasteiger partial charge in [-0.1, -0.05) is 90.0 Å². The van der Waals surface area contributed by atoms with Gasteiger partial charge < -0.3 is 68.2 Å². The fourth-order valence-corrected chi connectivity index (χ4v) is 14.4. The summed E-state index contributed by atoms with van der Waals surface area (Å²) in [4.78, 5) is 89.9. The Morgan fingerprint density at radius 3 is 2.04 bits per heavy atom. The van der Waals surface area contributed by atoms with Crippen LogP contribution in [-0.4, -0.2) is 129 Å². The van der Waals surface area contributed by atoms with Crippen molar-refractivity contribution in [3.63, 3.8) is 0 Å². The van der Waals surface area contributed by atoms with E-state index in [1.807, 2.05) is 121 Å². The van der Waals surface area contributed by atoms with Crippen LogP contribution in [0, 0.1) is 17.8 Å². The van der Waals surface area contributed by atoms with Crippen LogP contribution in [0.4, 0.5) is 0 Å². The molecule has 3 aliphatic carbocycles. The Morgan fingerprint density at radius 1 is 0.766 bits per heavy atom. The molecular formula is C74H86N2O18. The summed E-state index contributed by atoms with van der Waals surface area (Å²) in [5.74, 6) is -7.52. The summed E-state index contributed by atoms with van der Waals surface area (Å²) < 4.78 is 64.1. The second kappa shape index (κ2) is 26.4. The maximum absolute atomic E-state index is 17.0. The van der Waals surface area contributed by atoms with Crippen molar-refractivity contribution in [2.24, 2.45) is 17.8 Å². The molecule has 8 aliphatic rings. The Morgan fingerprint density at radius 2 is 1.40 bits per heavy atom. The molecule has 3 saturated carbocycles. The van der Waals surface area contributed by atoms with Crippen molar-refractivity contribution in [3.8, 4) is 23.0 Å². The number of ether oxygens (including phenoxy) is 10. The van der Waals surface area contributed by atoms with Gasteiger partial charge in [-0.25, -0.2) is 9.59 Å². The third-order valence-corrected chi connectivity index (χ3v) is 19.2. The summed E-state index contributed by atoms with van der Waals surface area (Å²) >= 11 is 0. The van der Waals surface area contributed by atoms with Crippen LogP contribution in [0.15, 0.2) is 126 Å². The molecule has 5 aliphatic heterocycles. The Kier molecular flexibility index (Phi) is 19.0. The minimum atomic E-state index is -1.98. The van der Waals surface area contributed by atoms with E-state index < -0.39 is 130 Å². The first kappa shape index (κ1) is 67.6. The number of carbonyl (C=O) groups is 6. The minimum Gasteiger partial charge on any atom is -0.482 e. The first-order valence-corrected chi connectivity index (χ1v) is 32.4. The maximum Gasteiger partial charge on any atom is 0.343 e. The van der Waals surface area contributed by atoms with Gasteiger partial charge in [0.15, 0.2) is 34.3 Å². The summed E-state index contributed by atoms with van der Waals surface area (Å²) in [5.41, 5.74) is -1.60. The molecule has 6 fully saturated rings. The molecule has 1 spiro atoms. The van der Waals surface area contributed by atoms with Crippen molar-refractivity contribution in [1.82, 2.24) is 10.6 Å². The molecule has 0 aromatic heterocycles. The Labute approximate surface area is 548 Å². The molecule has 500 valence electrons. The van der Waals surface area contributed by atoms with Crippen LogP contribution in [0.5, 0.6) is 23.0 Å². The van der Waals surface area contributed by atoms with Crippen LogP contribution >= 0.6 is 0 Å². The average Bonchev–Trinajstić information content (AvgIpc) is 1.45. The highest BCUT2D eigenvalue weighted by atomic mass is 16.8. The van der Waals surface area contributed by atoms with Crippen molar-refractivity contribution in [2.45, 2.75) is 205 Å². The first-order valence-electron chi connectivity index (χ1n) is 32.4. The maximum atomic E-state index is 17.0. The van der Waals surface area contributed by atoms with E-state index in [9.17, 15) is 24.6 Å². The monoisotopic (exact) mass is 1290 g/mol. The molecule has 20 heteroatoms. The van der Waals surface area contributed by atoms with Gasteiger partial charge >= 0.3 is 17.9 Å². The predicted molar refractivity (Wildman–Crippen MR) is 344 cm³/mol. The van der Waals surface area contributed by atoms with Gasteiger partial charge in [0.05, 0.1) is 29.3 Å². The number of Topliss-reactive ketones (excluding diaryl/α,β-unsaturated/α-hetero) is 2. The van der Waals surface area contributed by atoms with Gasteiger partial charge in [-0.2, -0.15) is 0 Å². The van der Waals surface area contributed by atoms with E-state index in [1.165, 1.54) is 31.2 Å². The molecule has 5 heterocycles. The fraction of sp³-hybridized carbons (Fsp3) is 0.486. The molecule has 14 atom stereocenters.